The van der Waals surface area contributed by atoms with E-state index in [0.29, 0.717) is 59.0 Å². The number of carbonyl (C=O) groups is 1. The maximum absolute atomic E-state index is 12.1. The highest BCUT2D eigenvalue weighted by Gasteiger charge is 2.33. The van der Waals surface area contributed by atoms with Crippen LogP contribution in [-0.2, 0) is 19.0 Å². The molecule has 0 saturated carbocycles. The van der Waals surface area contributed by atoms with E-state index in [1.54, 1.807) is 11.9 Å². The molecule has 0 spiro atoms. The zero-order valence-electron chi connectivity index (χ0n) is 21.6. The maximum Gasteiger partial charge on any atom is 0.224 e. The van der Waals surface area contributed by atoms with Gasteiger partial charge in [0.15, 0.2) is 0 Å². The van der Waals surface area contributed by atoms with Crippen LogP contribution in [-0.4, -0.2) is 115 Å². The molecule has 0 aromatic rings. The summed E-state index contributed by atoms with van der Waals surface area (Å²) in [5.41, 5.74) is -0.735. The molecule has 0 saturated heterocycles. The number of halogens is 5. The van der Waals surface area contributed by atoms with Gasteiger partial charge in [0.1, 0.15) is 6.54 Å². The van der Waals surface area contributed by atoms with Crippen LogP contribution in [0.4, 0.5) is 0 Å². The maximum atomic E-state index is 12.1. The first-order chi connectivity index (χ1) is 15.1. The number of carbonyl (C=O) groups excluding carboxylic acids is 1. The minimum atomic E-state index is -0.405. The fourth-order valence-corrected chi connectivity index (χ4v) is 3.31. The largest absolute Gasteiger partial charge is 1.00 e. The van der Waals surface area contributed by atoms with Crippen molar-refractivity contribution in [3.63, 3.8) is 0 Å². The predicted octanol–water partition coefficient (Wildman–Crippen LogP) is 1.13. The fraction of sp³-hybridized carbons (Fsp3) is 0.952. The van der Waals surface area contributed by atoms with Crippen molar-refractivity contribution in [1.29, 1.82) is 0 Å². The van der Waals surface area contributed by atoms with Crippen LogP contribution in [0.3, 0.4) is 0 Å². The highest BCUT2D eigenvalue weighted by molar-refractivity contribution is 6.34. The zero-order valence-corrected chi connectivity index (χ0v) is 25.4. The van der Waals surface area contributed by atoms with Gasteiger partial charge >= 0.3 is 0 Å². The number of hydrogen-bond donors (Lipinski definition) is 0. The number of amides is 1. The summed E-state index contributed by atoms with van der Waals surface area (Å²) >= 11 is 23.4. The molecule has 0 aliphatic carbocycles. The second-order valence-corrected chi connectivity index (χ2v) is 11.8. The predicted molar refractivity (Wildman–Crippen MR) is 136 cm³/mol. The third-order valence-electron chi connectivity index (χ3n) is 5.26. The average molecular weight is 593 g/mol. The smallest absolute Gasteiger partial charge is 0.224 e. The quantitative estimate of drug-likeness (QED) is 0.127. The second kappa shape index (κ2) is 18.0. The Kier molecular flexibility index (Phi) is 19.5. The van der Waals surface area contributed by atoms with Gasteiger partial charge in [-0.2, -0.15) is 0 Å². The molecule has 206 valence electrons. The summed E-state index contributed by atoms with van der Waals surface area (Å²) in [6.45, 7) is 12.9. The molecule has 0 fully saturated rings. The van der Waals surface area contributed by atoms with Crippen LogP contribution < -0.4 is 12.4 Å². The Morgan fingerprint density at radius 2 is 1.24 bits per heavy atom. The number of quaternary nitrogens is 1. The number of nitrogens with zero attached hydrogens (tertiary/aromatic N) is 4. The topological polar surface area (TPSA) is 54.5 Å². The molecule has 0 aromatic heterocycles. The van der Waals surface area contributed by atoms with Crippen molar-refractivity contribution in [1.82, 2.24) is 12.8 Å². The van der Waals surface area contributed by atoms with E-state index >= 15 is 0 Å². The molecule has 0 aliphatic rings. The average Bonchev–Trinajstić information content (AvgIpc) is 2.68. The van der Waals surface area contributed by atoms with Crippen molar-refractivity contribution >= 4 is 53.0 Å². The van der Waals surface area contributed by atoms with Gasteiger partial charge in [0.05, 0.1) is 72.2 Å². The number of rotatable bonds is 19. The first-order valence-corrected chi connectivity index (χ1v) is 12.5. The first-order valence-electron chi connectivity index (χ1n) is 11.1. The Bertz CT molecular complexity index is 555. The minimum Gasteiger partial charge on any atom is -1.00 e. The van der Waals surface area contributed by atoms with Crippen molar-refractivity contribution < 1.29 is 35.9 Å². The molecule has 0 unspecified atom stereocenters. The van der Waals surface area contributed by atoms with E-state index in [0.717, 1.165) is 21.5 Å². The van der Waals surface area contributed by atoms with Crippen LogP contribution in [0.1, 0.15) is 40.5 Å². The summed E-state index contributed by atoms with van der Waals surface area (Å²) in [5, 5.41) is 0. The molecule has 1 amide bonds. The summed E-state index contributed by atoms with van der Waals surface area (Å²) in [4.78, 5) is 13.8. The van der Waals surface area contributed by atoms with E-state index in [-0.39, 0.29) is 23.9 Å². The van der Waals surface area contributed by atoms with Crippen molar-refractivity contribution in [3.8, 4) is 0 Å². The molecule has 8 nitrogen and oxygen atoms in total. The van der Waals surface area contributed by atoms with Gasteiger partial charge in [-0.05, 0) is 81.2 Å². The number of likely N-dealkylation sites (N-methyl/N-ethyl adjacent to an activating group) is 1. The minimum absolute atomic E-state index is 0. The van der Waals surface area contributed by atoms with E-state index in [1.165, 1.54) is 3.94 Å². The van der Waals surface area contributed by atoms with E-state index in [2.05, 4.69) is 14.1 Å². The highest BCUT2D eigenvalue weighted by atomic mass is 35.5. The monoisotopic (exact) mass is 590 g/mol. The lowest BCUT2D eigenvalue weighted by molar-refractivity contribution is -0.894. The third-order valence-corrected chi connectivity index (χ3v) is 7.09. The van der Waals surface area contributed by atoms with Crippen LogP contribution in [0.2, 0.25) is 0 Å². The Balaban J connectivity index is 0. The molecule has 0 radical (unpaired) electrons. The molecule has 0 atom stereocenters. The fourth-order valence-electron chi connectivity index (χ4n) is 3.03. The Labute approximate surface area is 233 Å². The molecule has 0 N–H and O–H groups in total. The Hall–Kier alpha value is 0.680. The second-order valence-electron chi connectivity index (χ2n) is 10.1. The van der Waals surface area contributed by atoms with Crippen LogP contribution in [0.15, 0.2) is 0 Å². The van der Waals surface area contributed by atoms with Gasteiger partial charge in [-0.15, -0.1) is 7.88 Å². The van der Waals surface area contributed by atoms with Gasteiger partial charge in [-0.1, -0.05) is 0 Å². The molecule has 13 heteroatoms. The van der Waals surface area contributed by atoms with Gasteiger partial charge in [-0.25, -0.2) is 0 Å². The molecule has 34 heavy (non-hydrogen) atoms. The van der Waals surface area contributed by atoms with Crippen LogP contribution in [0, 0.1) is 0 Å². The molecule has 0 aromatic carbocycles. The summed E-state index contributed by atoms with van der Waals surface area (Å²) in [6, 6.07) is 0. The van der Waals surface area contributed by atoms with Crippen molar-refractivity contribution in [2.24, 2.45) is 0 Å². The van der Waals surface area contributed by atoms with E-state index in [4.69, 9.17) is 61.3 Å². The number of hydrogen-bond acceptors (Lipinski definition) is 6. The Morgan fingerprint density at radius 3 is 1.71 bits per heavy atom. The molecule has 0 heterocycles. The van der Waals surface area contributed by atoms with Crippen LogP contribution >= 0.6 is 47.1 Å². The van der Waals surface area contributed by atoms with Gasteiger partial charge in [0.2, 0.25) is 5.91 Å². The first kappa shape index (κ1) is 36.8. The van der Waals surface area contributed by atoms with Crippen LogP contribution in [0.25, 0.3) is 0 Å². The standard InChI is InChI=1S/C21H43Cl4N4O4.ClH/c1-20(2,27(22)23)9-10-26(5)19(30)8-12-31-14-16-33-17-15-32-13-11-29(6,7)18-21(3,4)28(24)25;/h8-18H2,1-7H3;1H/q+1;/p-1. The van der Waals surface area contributed by atoms with Crippen molar-refractivity contribution in [3.05, 3.63) is 0 Å². The third kappa shape index (κ3) is 17.2. The molecule has 0 aliphatic heterocycles. The van der Waals surface area contributed by atoms with Gasteiger partial charge in [0, 0.05) is 19.1 Å². The summed E-state index contributed by atoms with van der Waals surface area (Å²) < 4.78 is 19.7. The lowest BCUT2D eigenvalue weighted by atomic mass is 10.0. The summed E-state index contributed by atoms with van der Waals surface area (Å²) in [7, 11) is 6.00. The van der Waals surface area contributed by atoms with Crippen molar-refractivity contribution in [2.45, 2.75) is 51.6 Å². The zero-order chi connectivity index (χ0) is 25.7. The van der Waals surface area contributed by atoms with Gasteiger partial charge < -0.3 is 36.0 Å². The summed E-state index contributed by atoms with van der Waals surface area (Å²) in [5.74, 6) is 0.0188. The summed E-state index contributed by atoms with van der Waals surface area (Å²) in [6.07, 6.45) is 0.981. The SMILES string of the molecule is CN(CCC(C)(C)N(Cl)Cl)C(=O)CCOCCOCCOCC[N+](C)(C)CC(C)(C)N(Cl)Cl.[Cl-]. The van der Waals surface area contributed by atoms with E-state index in [9.17, 15) is 4.79 Å². The van der Waals surface area contributed by atoms with E-state index < -0.39 is 5.54 Å². The molecule has 0 bridgehead atoms. The highest BCUT2D eigenvalue weighted by Crippen LogP contribution is 2.24. The van der Waals surface area contributed by atoms with Crippen LogP contribution in [0.5, 0.6) is 0 Å². The molecular weight excluding hydrogens is 550 g/mol. The number of ether oxygens (including phenoxy) is 3. The van der Waals surface area contributed by atoms with E-state index in [1.807, 2.05) is 27.7 Å². The Morgan fingerprint density at radius 1 is 0.794 bits per heavy atom. The van der Waals surface area contributed by atoms with Gasteiger partial charge in [0.25, 0.3) is 0 Å². The van der Waals surface area contributed by atoms with Gasteiger partial charge in [-0.3, -0.25) is 4.79 Å². The normalized spacial score (nSPS) is 12.9. The van der Waals surface area contributed by atoms with Crippen molar-refractivity contribution in [2.75, 3.05) is 80.4 Å². The lowest BCUT2D eigenvalue weighted by Crippen LogP contribution is -3.00. The molecular formula is C21H43Cl5N4O4. The molecule has 0 rings (SSSR count). The lowest BCUT2D eigenvalue weighted by Gasteiger charge is -2.38.